The summed E-state index contributed by atoms with van der Waals surface area (Å²) < 4.78 is 0. The summed E-state index contributed by atoms with van der Waals surface area (Å²) in [6.45, 7) is 5.42. The van der Waals surface area contributed by atoms with Gasteiger partial charge >= 0.3 is 0 Å². The molecular formula is C9H12ClN3O. The van der Waals surface area contributed by atoms with Crippen LogP contribution in [0.3, 0.4) is 0 Å². The highest BCUT2D eigenvalue weighted by Crippen LogP contribution is 2.23. The maximum absolute atomic E-state index is 10.8. The first-order chi connectivity index (χ1) is 6.50. The lowest BCUT2D eigenvalue weighted by molar-refractivity contribution is -0.114. The number of aromatic nitrogens is 2. The monoisotopic (exact) mass is 213 g/mol. The number of hydrogen-bond acceptors (Lipinski definition) is 3. The fourth-order valence-corrected chi connectivity index (χ4v) is 1.35. The van der Waals surface area contributed by atoms with Gasteiger partial charge in [-0.05, 0) is 17.5 Å². The van der Waals surface area contributed by atoms with Gasteiger partial charge in [-0.15, -0.1) is 10.2 Å². The Bertz CT molecular complexity index is 352. The number of carbonyl (C=O) groups is 1. The van der Waals surface area contributed by atoms with Crippen molar-refractivity contribution in [1.29, 1.82) is 0 Å². The zero-order valence-corrected chi connectivity index (χ0v) is 9.09. The van der Waals surface area contributed by atoms with Crippen LogP contribution < -0.4 is 5.32 Å². The minimum atomic E-state index is -0.170. The highest BCUT2D eigenvalue weighted by molar-refractivity contribution is 6.30. The number of nitrogens with one attached hydrogen (secondary N) is 1. The van der Waals surface area contributed by atoms with Gasteiger partial charge in [0, 0.05) is 6.92 Å². The number of nitrogens with zero attached hydrogens (tertiary/aromatic N) is 2. The lowest BCUT2D eigenvalue weighted by atomic mass is 10.1. The van der Waals surface area contributed by atoms with Crippen LogP contribution in [0, 0.1) is 0 Å². The second-order valence-corrected chi connectivity index (χ2v) is 3.67. The molecule has 0 aliphatic rings. The number of halogens is 1. The smallest absolute Gasteiger partial charge is 0.222 e. The van der Waals surface area contributed by atoms with Crippen LogP contribution >= 0.6 is 11.6 Å². The molecule has 76 valence electrons. The standard InChI is InChI=1S/C9H12ClN3O/c1-5(2)7-4-8(11-6(3)14)12-13-9(7)10/h4-5H,1-3H3,(H,11,12,14). The van der Waals surface area contributed by atoms with Gasteiger partial charge in [0.1, 0.15) is 0 Å². The second kappa shape index (κ2) is 4.37. The van der Waals surface area contributed by atoms with E-state index in [-0.39, 0.29) is 11.8 Å². The van der Waals surface area contributed by atoms with E-state index in [9.17, 15) is 4.79 Å². The first-order valence-electron chi connectivity index (χ1n) is 4.31. The predicted molar refractivity (Wildman–Crippen MR) is 55.4 cm³/mol. The van der Waals surface area contributed by atoms with Gasteiger partial charge in [0.15, 0.2) is 11.0 Å². The molecule has 0 fully saturated rings. The molecule has 1 heterocycles. The second-order valence-electron chi connectivity index (χ2n) is 3.31. The Morgan fingerprint density at radius 3 is 2.64 bits per heavy atom. The Labute approximate surface area is 87.7 Å². The fraction of sp³-hybridized carbons (Fsp3) is 0.444. The van der Waals surface area contributed by atoms with Crippen LogP contribution in [0.15, 0.2) is 6.07 Å². The van der Waals surface area contributed by atoms with Crippen LogP contribution in [-0.4, -0.2) is 16.1 Å². The average Bonchev–Trinajstić information content (AvgIpc) is 2.07. The van der Waals surface area contributed by atoms with Crippen molar-refractivity contribution in [3.05, 3.63) is 16.8 Å². The van der Waals surface area contributed by atoms with Crippen LogP contribution in [-0.2, 0) is 4.79 Å². The third-order valence-electron chi connectivity index (χ3n) is 1.70. The Hall–Kier alpha value is -1.16. The number of carbonyl (C=O) groups excluding carboxylic acids is 1. The molecule has 14 heavy (non-hydrogen) atoms. The van der Waals surface area contributed by atoms with E-state index in [0.717, 1.165) is 5.56 Å². The SMILES string of the molecule is CC(=O)Nc1cc(C(C)C)c(Cl)nn1. The summed E-state index contributed by atoms with van der Waals surface area (Å²) in [5.41, 5.74) is 0.880. The molecule has 0 spiro atoms. The average molecular weight is 214 g/mol. The van der Waals surface area contributed by atoms with Gasteiger partial charge in [0.05, 0.1) is 0 Å². The van der Waals surface area contributed by atoms with E-state index >= 15 is 0 Å². The molecule has 0 bridgehead atoms. The summed E-state index contributed by atoms with van der Waals surface area (Å²) in [6.07, 6.45) is 0. The summed E-state index contributed by atoms with van der Waals surface area (Å²) in [5.74, 6) is 0.521. The zero-order valence-electron chi connectivity index (χ0n) is 8.34. The molecule has 4 nitrogen and oxygen atoms in total. The van der Waals surface area contributed by atoms with Crippen molar-refractivity contribution in [2.45, 2.75) is 26.7 Å². The zero-order chi connectivity index (χ0) is 10.7. The molecular weight excluding hydrogens is 202 g/mol. The van der Waals surface area contributed by atoms with Gasteiger partial charge in [-0.1, -0.05) is 25.4 Å². The summed E-state index contributed by atoms with van der Waals surface area (Å²) >= 11 is 5.84. The maximum Gasteiger partial charge on any atom is 0.222 e. The third kappa shape index (κ3) is 2.67. The molecule has 0 unspecified atom stereocenters. The van der Waals surface area contributed by atoms with Crippen molar-refractivity contribution >= 4 is 23.3 Å². The van der Waals surface area contributed by atoms with E-state index in [1.54, 1.807) is 6.07 Å². The summed E-state index contributed by atoms with van der Waals surface area (Å²) in [7, 11) is 0. The molecule has 0 aromatic carbocycles. The summed E-state index contributed by atoms with van der Waals surface area (Å²) in [6, 6.07) is 1.74. The number of anilines is 1. The van der Waals surface area contributed by atoms with Crippen molar-refractivity contribution in [3.63, 3.8) is 0 Å². The molecule has 0 radical (unpaired) electrons. The molecule has 1 aromatic rings. The van der Waals surface area contributed by atoms with E-state index in [1.807, 2.05) is 13.8 Å². The van der Waals surface area contributed by atoms with Gasteiger partial charge < -0.3 is 5.32 Å². The minimum absolute atomic E-state index is 0.170. The van der Waals surface area contributed by atoms with E-state index in [0.29, 0.717) is 11.0 Å². The van der Waals surface area contributed by atoms with Crippen molar-refractivity contribution in [2.75, 3.05) is 5.32 Å². The molecule has 0 aliphatic carbocycles. The van der Waals surface area contributed by atoms with E-state index in [4.69, 9.17) is 11.6 Å². The first-order valence-corrected chi connectivity index (χ1v) is 4.69. The highest BCUT2D eigenvalue weighted by Gasteiger charge is 2.09. The molecule has 1 amide bonds. The van der Waals surface area contributed by atoms with Crippen molar-refractivity contribution < 1.29 is 4.79 Å². The Morgan fingerprint density at radius 1 is 1.50 bits per heavy atom. The van der Waals surface area contributed by atoms with Crippen molar-refractivity contribution in [1.82, 2.24) is 10.2 Å². The lowest BCUT2D eigenvalue weighted by Crippen LogP contribution is -2.09. The highest BCUT2D eigenvalue weighted by atomic mass is 35.5. The Kier molecular flexibility index (Phi) is 3.41. The predicted octanol–water partition coefficient (Wildman–Crippen LogP) is 2.21. The van der Waals surface area contributed by atoms with Crippen LogP contribution in [0.2, 0.25) is 5.15 Å². The molecule has 0 atom stereocenters. The normalized spacial score (nSPS) is 10.4. The summed E-state index contributed by atoms with van der Waals surface area (Å²) in [4.78, 5) is 10.8. The molecule has 1 rings (SSSR count). The summed E-state index contributed by atoms with van der Waals surface area (Å²) in [5, 5.41) is 10.4. The van der Waals surface area contributed by atoms with Gasteiger partial charge in [0.25, 0.3) is 0 Å². The van der Waals surface area contributed by atoms with Gasteiger partial charge in [-0.2, -0.15) is 0 Å². The Balaban J connectivity index is 3.00. The topological polar surface area (TPSA) is 54.9 Å². The Morgan fingerprint density at radius 2 is 2.14 bits per heavy atom. The molecule has 1 aromatic heterocycles. The van der Waals surface area contributed by atoms with Crippen molar-refractivity contribution in [2.24, 2.45) is 0 Å². The number of rotatable bonds is 2. The van der Waals surface area contributed by atoms with E-state index in [2.05, 4.69) is 15.5 Å². The largest absolute Gasteiger partial charge is 0.309 e. The number of hydrogen-bond donors (Lipinski definition) is 1. The van der Waals surface area contributed by atoms with Crippen LogP contribution in [0.1, 0.15) is 32.3 Å². The van der Waals surface area contributed by atoms with Crippen molar-refractivity contribution in [3.8, 4) is 0 Å². The van der Waals surface area contributed by atoms with E-state index in [1.165, 1.54) is 6.92 Å². The fourth-order valence-electron chi connectivity index (χ4n) is 1.04. The molecule has 0 aliphatic heterocycles. The molecule has 5 heteroatoms. The third-order valence-corrected chi connectivity index (χ3v) is 2.00. The maximum atomic E-state index is 10.8. The molecule has 0 saturated heterocycles. The first kappa shape index (κ1) is 10.9. The van der Waals surface area contributed by atoms with Crippen LogP contribution in [0.4, 0.5) is 5.82 Å². The van der Waals surface area contributed by atoms with Crippen LogP contribution in [0.5, 0.6) is 0 Å². The van der Waals surface area contributed by atoms with Gasteiger partial charge in [-0.3, -0.25) is 4.79 Å². The quantitative estimate of drug-likeness (QED) is 0.820. The van der Waals surface area contributed by atoms with Gasteiger partial charge in [-0.25, -0.2) is 0 Å². The minimum Gasteiger partial charge on any atom is -0.309 e. The number of amides is 1. The lowest BCUT2D eigenvalue weighted by Gasteiger charge is -2.08. The van der Waals surface area contributed by atoms with E-state index < -0.39 is 0 Å². The van der Waals surface area contributed by atoms with Gasteiger partial charge in [0.2, 0.25) is 5.91 Å². The molecule has 0 saturated carbocycles. The van der Waals surface area contributed by atoms with Crippen LogP contribution in [0.25, 0.3) is 0 Å². The molecule has 1 N–H and O–H groups in total.